The number of unbranched alkanes of at least 4 members (excludes halogenated alkanes) is 1. The van der Waals surface area contributed by atoms with Crippen molar-refractivity contribution in [1.82, 2.24) is 5.32 Å². The third kappa shape index (κ3) is 4.37. The SMILES string of the molecule is CCCCN(C(=O)NC(=O)CCl)c1ccccc1. The number of alkyl halides is 1. The second-order valence-corrected chi connectivity index (χ2v) is 4.09. The Bertz CT molecular complexity index is 395. The highest BCUT2D eigenvalue weighted by molar-refractivity contribution is 6.28. The fraction of sp³-hybridized carbons (Fsp3) is 0.385. The van der Waals surface area contributed by atoms with Gasteiger partial charge in [0.1, 0.15) is 5.88 Å². The molecule has 0 saturated heterocycles. The van der Waals surface area contributed by atoms with E-state index in [1.54, 1.807) is 4.90 Å². The van der Waals surface area contributed by atoms with Crippen LogP contribution >= 0.6 is 11.6 Å². The Labute approximate surface area is 112 Å². The molecule has 0 saturated carbocycles. The van der Waals surface area contributed by atoms with Gasteiger partial charge in [-0.2, -0.15) is 0 Å². The van der Waals surface area contributed by atoms with Crippen LogP contribution in [-0.4, -0.2) is 24.4 Å². The maximum Gasteiger partial charge on any atom is 0.328 e. The second kappa shape index (κ2) is 7.71. The molecule has 0 aliphatic rings. The molecule has 4 nitrogen and oxygen atoms in total. The molecule has 0 unspecified atom stereocenters. The summed E-state index contributed by atoms with van der Waals surface area (Å²) in [6, 6.07) is 8.82. The molecule has 0 bridgehead atoms. The van der Waals surface area contributed by atoms with Crippen molar-refractivity contribution in [2.24, 2.45) is 0 Å². The number of imide groups is 1. The highest BCUT2D eigenvalue weighted by Gasteiger charge is 2.16. The maximum absolute atomic E-state index is 12.0. The second-order valence-electron chi connectivity index (χ2n) is 3.83. The van der Waals surface area contributed by atoms with Crippen molar-refractivity contribution >= 4 is 29.2 Å². The van der Waals surface area contributed by atoms with Gasteiger partial charge in [0.25, 0.3) is 0 Å². The Hall–Kier alpha value is -1.55. The number of amides is 3. The minimum Gasteiger partial charge on any atom is -0.294 e. The maximum atomic E-state index is 12.0. The predicted molar refractivity (Wildman–Crippen MR) is 73.0 cm³/mol. The first-order valence-electron chi connectivity index (χ1n) is 5.91. The third-order valence-electron chi connectivity index (χ3n) is 2.42. The summed E-state index contributed by atoms with van der Waals surface area (Å²) in [6.45, 7) is 2.62. The molecule has 5 heteroatoms. The van der Waals surface area contributed by atoms with Crippen LogP contribution in [0.4, 0.5) is 10.5 Å². The number of carbonyl (C=O) groups is 2. The van der Waals surface area contributed by atoms with Crippen molar-refractivity contribution in [3.8, 4) is 0 Å². The first kappa shape index (κ1) is 14.5. The summed E-state index contributed by atoms with van der Waals surface area (Å²) in [4.78, 5) is 24.6. The fourth-order valence-electron chi connectivity index (χ4n) is 1.49. The summed E-state index contributed by atoms with van der Waals surface area (Å²) in [5, 5.41) is 2.25. The molecule has 0 aliphatic heterocycles. The molecule has 1 aromatic carbocycles. The van der Waals surface area contributed by atoms with Crippen molar-refractivity contribution in [3.05, 3.63) is 30.3 Å². The van der Waals surface area contributed by atoms with Gasteiger partial charge < -0.3 is 0 Å². The molecule has 3 amide bonds. The van der Waals surface area contributed by atoms with Gasteiger partial charge in [-0.1, -0.05) is 31.5 Å². The minimum atomic E-state index is -0.487. The molecule has 18 heavy (non-hydrogen) atoms. The molecule has 0 heterocycles. The Balaban J connectivity index is 2.78. The van der Waals surface area contributed by atoms with Gasteiger partial charge in [0.05, 0.1) is 0 Å². The van der Waals surface area contributed by atoms with E-state index >= 15 is 0 Å². The number of nitrogens with one attached hydrogen (secondary N) is 1. The summed E-state index contributed by atoms with van der Waals surface area (Å²) in [5.41, 5.74) is 0.769. The fourth-order valence-corrected chi connectivity index (χ4v) is 1.56. The number of halogens is 1. The lowest BCUT2D eigenvalue weighted by Gasteiger charge is -2.22. The van der Waals surface area contributed by atoms with Gasteiger partial charge in [0.2, 0.25) is 5.91 Å². The predicted octanol–water partition coefficient (Wildman–Crippen LogP) is 2.77. The van der Waals surface area contributed by atoms with Gasteiger partial charge in [-0.15, -0.1) is 11.6 Å². The normalized spacial score (nSPS) is 9.89. The van der Waals surface area contributed by atoms with Gasteiger partial charge in [-0.25, -0.2) is 4.79 Å². The van der Waals surface area contributed by atoms with Crippen molar-refractivity contribution in [1.29, 1.82) is 0 Å². The number of hydrogen-bond donors (Lipinski definition) is 1. The van der Waals surface area contributed by atoms with Gasteiger partial charge in [-0.3, -0.25) is 15.0 Å². The van der Waals surface area contributed by atoms with Crippen LogP contribution in [0.5, 0.6) is 0 Å². The lowest BCUT2D eigenvalue weighted by Crippen LogP contribution is -2.44. The quantitative estimate of drug-likeness (QED) is 0.835. The van der Waals surface area contributed by atoms with E-state index < -0.39 is 11.9 Å². The van der Waals surface area contributed by atoms with E-state index in [4.69, 9.17) is 11.6 Å². The van der Waals surface area contributed by atoms with Crippen LogP contribution in [0.3, 0.4) is 0 Å². The molecule has 0 radical (unpaired) electrons. The number of hydrogen-bond acceptors (Lipinski definition) is 2. The van der Waals surface area contributed by atoms with Gasteiger partial charge in [0, 0.05) is 12.2 Å². The zero-order chi connectivity index (χ0) is 13.4. The first-order chi connectivity index (χ1) is 8.69. The summed E-state index contributed by atoms with van der Waals surface area (Å²) >= 11 is 5.37. The molecule has 0 atom stereocenters. The van der Waals surface area contributed by atoms with E-state index in [2.05, 4.69) is 5.32 Å². The number of anilines is 1. The van der Waals surface area contributed by atoms with Crippen LogP contribution in [0.1, 0.15) is 19.8 Å². The van der Waals surface area contributed by atoms with Crippen molar-refractivity contribution in [2.45, 2.75) is 19.8 Å². The Morgan fingerprint density at radius 2 is 1.94 bits per heavy atom. The van der Waals surface area contributed by atoms with E-state index in [9.17, 15) is 9.59 Å². The van der Waals surface area contributed by atoms with Crippen molar-refractivity contribution in [2.75, 3.05) is 17.3 Å². The van der Waals surface area contributed by atoms with Crippen LogP contribution in [-0.2, 0) is 4.79 Å². The number of nitrogens with zero attached hydrogens (tertiary/aromatic N) is 1. The van der Waals surface area contributed by atoms with Crippen LogP contribution in [0.2, 0.25) is 0 Å². The van der Waals surface area contributed by atoms with Gasteiger partial charge in [-0.05, 0) is 18.6 Å². The highest BCUT2D eigenvalue weighted by atomic mass is 35.5. The Morgan fingerprint density at radius 1 is 1.28 bits per heavy atom. The Morgan fingerprint density at radius 3 is 2.50 bits per heavy atom. The van der Waals surface area contributed by atoms with E-state index in [0.29, 0.717) is 6.54 Å². The van der Waals surface area contributed by atoms with E-state index in [1.165, 1.54) is 0 Å². The average molecular weight is 269 g/mol. The summed E-state index contributed by atoms with van der Waals surface area (Å²) in [7, 11) is 0. The number of carbonyl (C=O) groups excluding carboxylic acids is 2. The van der Waals surface area contributed by atoms with Gasteiger partial charge in [0.15, 0.2) is 0 Å². The standard InChI is InChI=1S/C13H17ClN2O2/c1-2-3-9-16(11-7-5-4-6-8-11)13(18)15-12(17)10-14/h4-8H,2-3,9-10H2,1H3,(H,15,17,18). The first-order valence-corrected chi connectivity index (χ1v) is 6.44. The highest BCUT2D eigenvalue weighted by Crippen LogP contribution is 2.14. The zero-order valence-corrected chi connectivity index (χ0v) is 11.1. The molecule has 0 aliphatic carbocycles. The molecule has 0 spiro atoms. The van der Waals surface area contributed by atoms with Gasteiger partial charge >= 0.3 is 6.03 Å². The number of urea groups is 1. The molecule has 98 valence electrons. The van der Waals surface area contributed by atoms with Crippen LogP contribution in [0.25, 0.3) is 0 Å². The summed E-state index contributed by atoms with van der Waals surface area (Å²) in [6.07, 6.45) is 1.84. The lowest BCUT2D eigenvalue weighted by atomic mass is 10.2. The number of rotatable bonds is 5. The number of para-hydroxylation sites is 1. The van der Waals surface area contributed by atoms with E-state index in [-0.39, 0.29) is 5.88 Å². The summed E-state index contributed by atoms with van der Waals surface area (Å²) in [5.74, 6) is -0.707. The average Bonchev–Trinajstić information content (AvgIpc) is 2.40. The molecule has 1 N–H and O–H groups in total. The van der Waals surface area contributed by atoms with Crippen molar-refractivity contribution in [3.63, 3.8) is 0 Å². The van der Waals surface area contributed by atoms with Crippen LogP contribution in [0.15, 0.2) is 30.3 Å². The van der Waals surface area contributed by atoms with Crippen LogP contribution < -0.4 is 10.2 Å². The molecular formula is C13H17ClN2O2. The zero-order valence-electron chi connectivity index (χ0n) is 10.4. The monoisotopic (exact) mass is 268 g/mol. The molecule has 1 aromatic rings. The van der Waals surface area contributed by atoms with Crippen molar-refractivity contribution < 1.29 is 9.59 Å². The molecular weight excluding hydrogens is 252 g/mol. The topological polar surface area (TPSA) is 49.4 Å². The van der Waals surface area contributed by atoms with E-state index in [0.717, 1.165) is 18.5 Å². The third-order valence-corrected chi connectivity index (χ3v) is 2.66. The number of benzene rings is 1. The van der Waals surface area contributed by atoms with Crippen LogP contribution in [0, 0.1) is 0 Å². The molecule has 0 aromatic heterocycles. The smallest absolute Gasteiger partial charge is 0.294 e. The molecule has 1 rings (SSSR count). The van der Waals surface area contributed by atoms with E-state index in [1.807, 2.05) is 37.3 Å². The largest absolute Gasteiger partial charge is 0.328 e. The Kier molecular flexibility index (Phi) is 6.22. The minimum absolute atomic E-state index is 0.220. The lowest BCUT2D eigenvalue weighted by molar-refractivity contribution is -0.117. The molecule has 0 fully saturated rings. The summed E-state index contributed by atoms with van der Waals surface area (Å²) < 4.78 is 0.